The molecule has 0 unspecified atom stereocenters. The molecule has 10 heteroatoms. The molecule has 1 aromatic carbocycles. The van der Waals surface area contributed by atoms with E-state index in [2.05, 4.69) is 21.9 Å². The number of hydrogen-bond donors (Lipinski definition) is 2. The lowest BCUT2D eigenvalue weighted by molar-refractivity contribution is -0.137. The van der Waals surface area contributed by atoms with Crippen LogP contribution in [-0.2, 0) is 24.1 Å². The summed E-state index contributed by atoms with van der Waals surface area (Å²) in [5, 5.41) is 8.83. The summed E-state index contributed by atoms with van der Waals surface area (Å²) < 4.78 is 40.8. The van der Waals surface area contributed by atoms with E-state index >= 15 is 0 Å². The SMILES string of the molecule is C=CC(=O)N1CCn2nc(Nc3ccc(C(F)(F)F)cc3)c(-c3ccnc4[nH]cc(C)c34)c2C1. The van der Waals surface area contributed by atoms with Crippen molar-refractivity contribution in [1.82, 2.24) is 24.6 Å². The van der Waals surface area contributed by atoms with Gasteiger partial charge in [0.05, 0.1) is 29.9 Å². The molecule has 0 saturated carbocycles. The topological polar surface area (TPSA) is 78.8 Å². The van der Waals surface area contributed by atoms with E-state index in [9.17, 15) is 18.0 Å². The fourth-order valence-corrected chi connectivity index (χ4v) is 4.31. The van der Waals surface area contributed by atoms with E-state index in [0.717, 1.165) is 39.9 Å². The number of rotatable bonds is 4. The predicted octanol–water partition coefficient (Wildman–Crippen LogP) is 5.03. The van der Waals surface area contributed by atoms with Crippen LogP contribution in [0.3, 0.4) is 0 Å². The second-order valence-corrected chi connectivity index (χ2v) is 8.11. The third kappa shape index (κ3) is 3.70. The highest BCUT2D eigenvalue weighted by atomic mass is 19.4. The van der Waals surface area contributed by atoms with E-state index in [1.165, 1.54) is 18.2 Å². The van der Waals surface area contributed by atoms with Gasteiger partial charge in [-0.1, -0.05) is 6.58 Å². The van der Waals surface area contributed by atoms with Gasteiger partial charge in [0.2, 0.25) is 5.91 Å². The summed E-state index contributed by atoms with van der Waals surface area (Å²) in [6, 6.07) is 6.70. The molecule has 7 nitrogen and oxygen atoms in total. The Morgan fingerprint density at radius 3 is 2.68 bits per heavy atom. The molecule has 5 rings (SSSR count). The fraction of sp³-hybridized carbons (Fsp3) is 0.208. The van der Waals surface area contributed by atoms with Crippen LogP contribution < -0.4 is 5.32 Å². The highest BCUT2D eigenvalue weighted by Gasteiger charge is 2.31. The maximum absolute atomic E-state index is 13.0. The highest BCUT2D eigenvalue weighted by molar-refractivity contribution is 5.99. The van der Waals surface area contributed by atoms with Crippen LogP contribution in [0.5, 0.6) is 0 Å². The summed E-state index contributed by atoms with van der Waals surface area (Å²) in [4.78, 5) is 21.6. The zero-order chi connectivity index (χ0) is 24.0. The zero-order valence-corrected chi connectivity index (χ0v) is 18.3. The minimum Gasteiger partial charge on any atom is -0.346 e. The molecule has 1 aliphatic rings. The summed E-state index contributed by atoms with van der Waals surface area (Å²) in [5.74, 6) is 0.323. The minimum atomic E-state index is -4.41. The summed E-state index contributed by atoms with van der Waals surface area (Å²) in [6.07, 6.45) is 0.434. The van der Waals surface area contributed by atoms with Crippen LogP contribution in [-0.4, -0.2) is 37.1 Å². The Labute approximate surface area is 192 Å². The first-order valence-electron chi connectivity index (χ1n) is 10.6. The van der Waals surface area contributed by atoms with Crippen molar-refractivity contribution < 1.29 is 18.0 Å². The van der Waals surface area contributed by atoms with Gasteiger partial charge < -0.3 is 15.2 Å². The van der Waals surface area contributed by atoms with Crippen LogP contribution in [0, 0.1) is 6.92 Å². The van der Waals surface area contributed by atoms with Crippen molar-refractivity contribution in [2.75, 3.05) is 11.9 Å². The van der Waals surface area contributed by atoms with Crippen molar-refractivity contribution in [2.24, 2.45) is 0 Å². The number of carbonyl (C=O) groups excluding carboxylic acids is 1. The lowest BCUT2D eigenvalue weighted by atomic mass is 10.00. The van der Waals surface area contributed by atoms with Crippen LogP contribution in [0.15, 0.2) is 55.4 Å². The van der Waals surface area contributed by atoms with E-state index in [1.807, 2.05) is 23.9 Å². The van der Waals surface area contributed by atoms with Gasteiger partial charge >= 0.3 is 6.18 Å². The number of carbonyl (C=O) groups is 1. The third-order valence-corrected chi connectivity index (χ3v) is 5.98. The van der Waals surface area contributed by atoms with Crippen molar-refractivity contribution in [1.29, 1.82) is 0 Å². The van der Waals surface area contributed by atoms with Crippen molar-refractivity contribution in [2.45, 2.75) is 26.2 Å². The van der Waals surface area contributed by atoms with E-state index in [-0.39, 0.29) is 5.91 Å². The molecule has 0 radical (unpaired) electrons. The van der Waals surface area contributed by atoms with Gasteiger partial charge in [-0.2, -0.15) is 18.3 Å². The predicted molar refractivity (Wildman–Crippen MR) is 122 cm³/mol. The first-order chi connectivity index (χ1) is 16.3. The number of benzene rings is 1. The average molecular weight is 466 g/mol. The maximum atomic E-state index is 13.0. The summed E-state index contributed by atoms with van der Waals surface area (Å²) >= 11 is 0. The van der Waals surface area contributed by atoms with Crippen LogP contribution in [0.25, 0.3) is 22.2 Å². The summed E-state index contributed by atoms with van der Waals surface area (Å²) in [5.41, 5.74) is 3.92. The zero-order valence-electron chi connectivity index (χ0n) is 18.3. The molecule has 0 fully saturated rings. The Balaban J connectivity index is 1.64. The number of aryl methyl sites for hydroxylation is 1. The number of pyridine rings is 1. The van der Waals surface area contributed by atoms with Crippen LogP contribution in [0.2, 0.25) is 0 Å². The van der Waals surface area contributed by atoms with Gasteiger partial charge in [0.1, 0.15) is 5.65 Å². The molecule has 4 aromatic rings. The second kappa shape index (κ2) is 8.05. The van der Waals surface area contributed by atoms with E-state index in [0.29, 0.717) is 36.8 Å². The lowest BCUT2D eigenvalue weighted by Gasteiger charge is -2.27. The largest absolute Gasteiger partial charge is 0.416 e. The van der Waals surface area contributed by atoms with E-state index in [1.54, 1.807) is 11.1 Å². The second-order valence-electron chi connectivity index (χ2n) is 8.11. The molecule has 0 saturated heterocycles. The number of anilines is 2. The summed E-state index contributed by atoms with van der Waals surface area (Å²) in [6.45, 7) is 6.84. The molecular formula is C24H21F3N6O. The molecule has 1 amide bonds. The molecular weight excluding hydrogens is 445 g/mol. The number of halogens is 3. The van der Waals surface area contributed by atoms with Crippen LogP contribution in [0.1, 0.15) is 16.8 Å². The Bertz CT molecular complexity index is 1400. The molecule has 1 aliphatic heterocycles. The first kappa shape index (κ1) is 21.7. The van der Waals surface area contributed by atoms with E-state index in [4.69, 9.17) is 5.10 Å². The first-order valence-corrected chi connectivity index (χ1v) is 10.6. The Hall–Kier alpha value is -4.08. The van der Waals surface area contributed by atoms with Crippen molar-refractivity contribution in [3.63, 3.8) is 0 Å². The molecule has 2 N–H and O–H groups in total. The third-order valence-electron chi connectivity index (χ3n) is 5.98. The molecule has 34 heavy (non-hydrogen) atoms. The van der Waals surface area contributed by atoms with Gasteiger partial charge in [-0.05, 0) is 48.9 Å². The number of aromatic amines is 1. The standard InChI is InChI=1S/C24H21F3N6O/c1-3-19(34)32-10-11-33-18(13-32)21(17-8-9-28-22-20(17)14(2)12-29-22)23(31-33)30-16-6-4-15(5-7-16)24(25,26)27/h3-9,12H,1,10-11,13H2,2H3,(H,28,29)(H,30,31). The Morgan fingerprint density at radius 1 is 1.21 bits per heavy atom. The van der Waals surface area contributed by atoms with Gasteiger partial charge in [-0.3, -0.25) is 9.48 Å². The normalized spacial score (nSPS) is 13.7. The van der Waals surface area contributed by atoms with Gasteiger partial charge in [0.15, 0.2) is 5.82 Å². The van der Waals surface area contributed by atoms with Gasteiger partial charge in [0, 0.05) is 35.6 Å². The van der Waals surface area contributed by atoms with E-state index < -0.39 is 11.7 Å². The Morgan fingerprint density at radius 2 is 1.97 bits per heavy atom. The van der Waals surface area contributed by atoms with Crippen molar-refractivity contribution in [3.8, 4) is 11.1 Å². The van der Waals surface area contributed by atoms with Crippen molar-refractivity contribution >= 4 is 28.4 Å². The van der Waals surface area contributed by atoms with Gasteiger partial charge in [-0.25, -0.2) is 4.98 Å². The number of hydrogen-bond acceptors (Lipinski definition) is 4. The highest BCUT2D eigenvalue weighted by Crippen LogP contribution is 2.40. The number of nitrogens with one attached hydrogen (secondary N) is 2. The number of fused-ring (bicyclic) bond motifs is 2. The summed E-state index contributed by atoms with van der Waals surface area (Å²) in [7, 11) is 0. The maximum Gasteiger partial charge on any atom is 0.416 e. The molecule has 0 atom stereocenters. The van der Waals surface area contributed by atoms with Gasteiger partial charge in [0.25, 0.3) is 0 Å². The lowest BCUT2D eigenvalue weighted by Crippen LogP contribution is -2.37. The number of aromatic nitrogens is 4. The Kier molecular flexibility index (Phi) is 5.15. The van der Waals surface area contributed by atoms with Crippen LogP contribution >= 0.6 is 0 Å². The average Bonchev–Trinajstić information content (AvgIpc) is 3.38. The van der Waals surface area contributed by atoms with Gasteiger partial charge in [-0.15, -0.1) is 0 Å². The number of nitrogens with zero attached hydrogens (tertiary/aromatic N) is 4. The molecule has 0 bridgehead atoms. The monoisotopic (exact) mass is 466 g/mol. The molecule has 4 heterocycles. The molecule has 3 aromatic heterocycles. The molecule has 174 valence electrons. The molecule has 0 aliphatic carbocycles. The van der Waals surface area contributed by atoms with Crippen LogP contribution in [0.4, 0.5) is 24.7 Å². The fourth-order valence-electron chi connectivity index (χ4n) is 4.31. The number of amides is 1. The van der Waals surface area contributed by atoms with Crippen molar-refractivity contribution in [3.05, 3.63) is 72.2 Å². The molecule has 0 spiro atoms. The smallest absolute Gasteiger partial charge is 0.346 e. The number of alkyl halides is 3. The quantitative estimate of drug-likeness (QED) is 0.414. The minimum absolute atomic E-state index is 0.173. The number of H-pyrrole nitrogens is 1.